The van der Waals surface area contributed by atoms with E-state index < -0.39 is 28.6 Å². The Morgan fingerprint density at radius 2 is 2.10 bits per heavy atom. The molecular formula is C19H24F3N5O2S. The van der Waals surface area contributed by atoms with Crippen LogP contribution in [0, 0.1) is 6.92 Å². The second kappa shape index (κ2) is 9.15. The number of nitrogens with one attached hydrogen (secondary N) is 2. The smallest absolute Gasteiger partial charge is 0.335 e. The first-order valence-electron chi connectivity index (χ1n) is 9.72. The van der Waals surface area contributed by atoms with E-state index in [1.54, 1.807) is 13.0 Å². The van der Waals surface area contributed by atoms with E-state index in [2.05, 4.69) is 20.7 Å². The number of hydrogen-bond donors (Lipinski definition) is 2. The third-order valence-corrected chi connectivity index (χ3v) is 6.72. The van der Waals surface area contributed by atoms with Crippen molar-refractivity contribution in [3.05, 3.63) is 35.7 Å². The van der Waals surface area contributed by atoms with Gasteiger partial charge in [0.05, 0.1) is 11.3 Å². The van der Waals surface area contributed by atoms with Gasteiger partial charge < -0.3 is 5.32 Å². The van der Waals surface area contributed by atoms with E-state index in [1.807, 2.05) is 6.92 Å². The van der Waals surface area contributed by atoms with Crippen molar-refractivity contribution in [3.63, 3.8) is 0 Å². The molecule has 3 rings (SSSR count). The summed E-state index contributed by atoms with van der Waals surface area (Å²) in [6.07, 6.45) is -0.492. The van der Waals surface area contributed by atoms with Crippen LogP contribution in [0.15, 0.2) is 24.4 Å². The maximum atomic E-state index is 12.8. The fourth-order valence-corrected chi connectivity index (χ4v) is 4.88. The molecule has 1 saturated carbocycles. The minimum absolute atomic E-state index is 0.0816. The molecule has 0 bridgehead atoms. The number of nitrogens with zero attached hydrogens (tertiary/aromatic N) is 3. The highest BCUT2D eigenvalue weighted by Gasteiger charge is 2.31. The van der Waals surface area contributed by atoms with Crippen molar-refractivity contribution in [3.8, 4) is 5.82 Å². The first-order valence-corrected chi connectivity index (χ1v) is 11.1. The molecule has 2 N–H and O–H groups in total. The summed E-state index contributed by atoms with van der Waals surface area (Å²) in [5.41, 5.74) is -0.290. The van der Waals surface area contributed by atoms with Gasteiger partial charge in [-0.2, -0.15) is 23.0 Å². The van der Waals surface area contributed by atoms with Crippen molar-refractivity contribution in [1.82, 2.24) is 20.1 Å². The summed E-state index contributed by atoms with van der Waals surface area (Å²) in [7, 11) is -0.895. The van der Waals surface area contributed by atoms with Crippen LogP contribution in [-0.2, 0) is 17.0 Å². The number of amides is 2. The Kier molecular flexibility index (Phi) is 6.79. The number of hydrogen-bond acceptors (Lipinski definition) is 4. The number of aryl methyl sites for hydroxylation is 1. The second-order valence-corrected chi connectivity index (χ2v) is 9.24. The number of anilines is 1. The Labute approximate surface area is 174 Å². The molecule has 2 aromatic rings. The third-order valence-electron chi connectivity index (χ3n) is 4.98. The van der Waals surface area contributed by atoms with Crippen LogP contribution in [0.3, 0.4) is 0 Å². The zero-order valence-electron chi connectivity index (χ0n) is 16.7. The van der Waals surface area contributed by atoms with Crippen LogP contribution < -0.4 is 10.6 Å². The van der Waals surface area contributed by atoms with Crippen LogP contribution in [0.1, 0.15) is 43.9 Å². The number of halogens is 3. The molecule has 2 heterocycles. The van der Waals surface area contributed by atoms with E-state index >= 15 is 0 Å². The first-order chi connectivity index (χ1) is 14.2. The Morgan fingerprint density at radius 3 is 2.73 bits per heavy atom. The minimum atomic E-state index is -4.48. The van der Waals surface area contributed by atoms with Crippen LogP contribution >= 0.6 is 0 Å². The van der Waals surface area contributed by atoms with Gasteiger partial charge in [0.1, 0.15) is 5.82 Å². The van der Waals surface area contributed by atoms with Gasteiger partial charge in [-0.05, 0) is 38.3 Å². The highest BCUT2D eigenvalue weighted by molar-refractivity contribution is 7.85. The van der Waals surface area contributed by atoms with Gasteiger partial charge in [-0.1, -0.05) is 13.3 Å². The van der Waals surface area contributed by atoms with Gasteiger partial charge >= 0.3 is 12.2 Å². The second-order valence-electron chi connectivity index (χ2n) is 7.24. The molecule has 1 aliphatic carbocycles. The zero-order valence-corrected chi connectivity index (χ0v) is 17.5. The van der Waals surface area contributed by atoms with Crippen LogP contribution in [-0.4, -0.2) is 42.0 Å². The van der Waals surface area contributed by atoms with Gasteiger partial charge in [0, 0.05) is 40.1 Å². The van der Waals surface area contributed by atoms with Crippen LogP contribution in [0.2, 0.25) is 0 Å². The molecule has 3 unspecified atom stereocenters. The molecule has 3 atom stereocenters. The molecule has 0 aromatic carbocycles. The monoisotopic (exact) mass is 443 g/mol. The van der Waals surface area contributed by atoms with Crippen molar-refractivity contribution in [1.29, 1.82) is 0 Å². The molecular weight excluding hydrogens is 419 g/mol. The molecule has 0 radical (unpaired) electrons. The van der Waals surface area contributed by atoms with Crippen LogP contribution in [0.25, 0.3) is 5.82 Å². The fourth-order valence-electron chi connectivity index (χ4n) is 3.53. The summed E-state index contributed by atoms with van der Waals surface area (Å²) < 4.78 is 51.6. The summed E-state index contributed by atoms with van der Waals surface area (Å²) in [4.78, 5) is 16.3. The van der Waals surface area contributed by atoms with Crippen molar-refractivity contribution in [2.24, 2.45) is 0 Å². The normalized spacial score (nSPS) is 20.6. The maximum Gasteiger partial charge on any atom is 0.417 e. The van der Waals surface area contributed by atoms with Crippen molar-refractivity contribution >= 4 is 22.6 Å². The third kappa shape index (κ3) is 5.38. The number of urea groups is 1. The quantitative estimate of drug-likeness (QED) is 0.736. The molecule has 0 saturated heterocycles. The van der Waals surface area contributed by atoms with E-state index in [4.69, 9.17) is 0 Å². The average Bonchev–Trinajstić information content (AvgIpc) is 3.06. The van der Waals surface area contributed by atoms with Crippen molar-refractivity contribution < 1.29 is 22.2 Å². The minimum Gasteiger partial charge on any atom is -0.335 e. The number of alkyl halides is 3. The Balaban J connectivity index is 1.69. The summed E-state index contributed by atoms with van der Waals surface area (Å²) in [5.74, 6) is 1.05. The first kappa shape index (κ1) is 22.3. The average molecular weight is 443 g/mol. The molecule has 0 spiro atoms. The van der Waals surface area contributed by atoms with Crippen LogP contribution in [0.4, 0.5) is 23.8 Å². The lowest BCUT2D eigenvalue weighted by atomic mass is 9.95. The topological polar surface area (TPSA) is 88.9 Å². The molecule has 164 valence electrons. The van der Waals surface area contributed by atoms with Gasteiger partial charge in [0.25, 0.3) is 0 Å². The molecule has 1 fully saturated rings. The lowest BCUT2D eigenvalue weighted by Gasteiger charge is -2.29. The summed E-state index contributed by atoms with van der Waals surface area (Å²) in [6, 6.07) is 3.19. The predicted molar refractivity (Wildman–Crippen MR) is 108 cm³/mol. The fraction of sp³-hybridized carbons (Fsp3) is 0.526. The number of carbonyl (C=O) groups is 1. The van der Waals surface area contributed by atoms with Gasteiger partial charge in [-0.15, -0.1) is 0 Å². The summed E-state index contributed by atoms with van der Waals surface area (Å²) in [5, 5.41) is 9.88. The molecule has 30 heavy (non-hydrogen) atoms. The lowest BCUT2D eigenvalue weighted by Crippen LogP contribution is -2.43. The van der Waals surface area contributed by atoms with Gasteiger partial charge in [0.15, 0.2) is 5.82 Å². The highest BCUT2D eigenvalue weighted by Crippen LogP contribution is 2.29. The van der Waals surface area contributed by atoms with Gasteiger partial charge in [-0.25, -0.2) is 9.78 Å². The van der Waals surface area contributed by atoms with E-state index in [0.717, 1.165) is 31.5 Å². The Hall–Kier alpha value is -2.43. The summed E-state index contributed by atoms with van der Waals surface area (Å²) in [6.45, 7) is 3.59. The molecule has 0 aliphatic heterocycles. The van der Waals surface area contributed by atoms with Crippen molar-refractivity contribution in [2.75, 3.05) is 11.1 Å². The van der Waals surface area contributed by atoms with E-state index in [1.165, 1.54) is 10.7 Å². The van der Waals surface area contributed by atoms with E-state index in [9.17, 15) is 22.2 Å². The maximum absolute atomic E-state index is 12.8. The zero-order chi connectivity index (χ0) is 21.9. The summed E-state index contributed by atoms with van der Waals surface area (Å²) >= 11 is 0. The number of pyridine rings is 1. The standard InChI is InChI=1S/C19H24F3N5O2S/c1-3-30(29)15-6-4-5-14(10-15)24-18(28)25-17-9-12(2)26-27(17)16-8-7-13(11-23-16)19(20,21)22/h7-9,11,14-15H,3-6,10H2,1-2H3,(H2,24,25,28). The molecule has 7 nitrogen and oxygen atoms in total. The van der Waals surface area contributed by atoms with E-state index in [-0.39, 0.29) is 17.1 Å². The lowest BCUT2D eigenvalue weighted by molar-refractivity contribution is -0.137. The number of rotatable bonds is 5. The van der Waals surface area contributed by atoms with Gasteiger partial charge in [0.2, 0.25) is 0 Å². The Bertz CT molecular complexity index is 914. The highest BCUT2D eigenvalue weighted by atomic mass is 32.2. The van der Waals surface area contributed by atoms with Gasteiger partial charge in [-0.3, -0.25) is 9.53 Å². The predicted octanol–water partition coefficient (Wildman–Crippen LogP) is 3.80. The van der Waals surface area contributed by atoms with E-state index in [0.29, 0.717) is 23.7 Å². The molecule has 2 aromatic heterocycles. The van der Waals surface area contributed by atoms with Crippen LogP contribution in [0.5, 0.6) is 0 Å². The number of carbonyl (C=O) groups excluding carboxylic acids is 1. The molecule has 11 heteroatoms. The van der Waals surface area contributed by atoms with Crippen molar-refractivity contribution in [2.45, 2.75) is 57.0 Å². The largest absolute Gasteiger partial charge is 0.417 e. The molecule has 1 aliphatic rings. The molecule has 2 amide bonds. The SMILES string of the molecule is CCS(=O)C1CCCC(NC(=O)Nc2cc(C)nn2-c2ccc(C(F)(F)F)cn2)C1. The number of aromatic nitrogens is 3. The Morgan fingerprint density at radius 1 is 1.33 bits per heavy atom.